The zero-order valence-corrected chi connectivity index (χ0v) is 9.93. The van der Waals surface area contributed by atoms with Gasteiger partial charge < -0.3 is 9.73 Å². The van der Waals surface area contributed by atoms with Gasteiger partial charge in [-0.15, -0.1) is 10.2 Å². The molecule has 0 saturated heterocycles. The summed E-state index contributed by atoms with van der Waals surface area (Å²) in [6, 6.07) is -0.594. The van der Waals surface area contributed by atoms with Crippen LogP contribution in [0.2, 0.25) is 0 Å². The second-order valence-corrected chi connectivity index (χ2v) is 3.74. The van der Waals surface area contributed by atoms with E-state index in [-0.39, 0.29) is 5.89 Å². The lowest BCUT2D eigenvalue weighted by atomic mass is 10.1. The van der Waals surface area contributed by atoms with Gasteiger partial charge in [0.15, 0.2) is 0 Å². The summed E-state index contributed by atoms with van der Waals surface area (Å²) in [4.78, 5) is 0. The molecule has 4 nitrogen and oxygen atoms in total. The van der Waals surface area contributed by atoms with Crippen molar-refractivity contribution in [1.29, 1.82) is 0 Å². The van der Waals surface area contributed by atoms with E-state index in [1.165, 1.54) is 7.05 Å². The Hall–Kier alpha value is -1.32. The van der Waals surface area contributed by atoms with Crippen LogP contribution in [0.3, 0.4) is 0 Å². The van der Waals surface area contributed by atoms with E-state index in [0.29, 0.717) is 6.42 Å². The molecule has 0 amide bonds. The highest BCUT2D eigenvalue weighted by atomic mass is 19.4. The molecule has 1 aromatic heterocycles. The second kappa shape index (κ2) is 5.35. The average Bonchev–Trinajstić information content (AvgIpc) is 2.64. The third kappa shape index (κ3) is 3.58. The van der Waals surface area contributed by atoms with Crippen LogP contribution in [0.4, 0.5) is 26.3 Å². The van der Waals surface area contributed by atoms with Crippen molar-refractivity contribution >= 4 is 0 Å². The van der Waals surface area contributed by atoms with Gasteiger partial charge in [0, 0.05) is 0 Å². The van der Waals surface area contributed by atoms with Gasteiger partial charge >= 0.3 is 12.4 Å². The number of rotatable bonds is 4. The van der Waals surface area contributed by atoms with Crippen LogP contribution in [0.25, 0.3) is 0 Å². The minimum absolute atomic E-state index is 0.307. The molecule has 0 fully saturated rings. The Morgan fingerprint density at radius 3 is 1.89 bits per heavy atom. The number of aromatic nitrogens is 2. The van der Waals surface area contributed by atoms with E-state index < -0.39 is 30.2 Å². The van der Waals surface area contributed by atoms with E-state index in [4.69, 9.17) is 0 Å². The number of nitrogens with zero attached hydrogens (tertiary/aromatic N) is 2. The van der Waals surface area contributed by atoms with Gasteiger partial charge in [0.1, 0.15) is 0 Å². The van der Waals surface area contributed by atoms with E-state index in [1.807, 2.05) is 0 Å². The third-order valence-electron chi connectivity index (χ3n) is 2.41. The molecule has 0 spiro atoms. The first-order valence-corrected chi connectivity index (χ1v) is 5.25. The van der Waals surface area contributed by atoms with Crippen molar-refractivity contribution < 1.29 is 30.8 Å². The lowest BCUT2D eigenvalue weighted by molar-refractivity contribution is -0.258. The highest BCUT2D eigenvalue weighted by Gasteiger charge is 2.60. The Balaban J connectivity index is 3.13. The molecule has 0 aromatic carbocycles. The van der Waals surface area contributed by atoms with Crippen molar-refractivity contribution in [3.63, 3.8) is 0 Å². The molecule has 110 valence electrons. The summed E-state index contributed by atoms with van der Waals surface area (Å²) in [7, 11) is 1.48. The molecule has 0 bridgehead atoms. The van der Waals surface area contributed by atoms with Gasteiger partial charge in [-0.3, -0.25) is 0 Å². The Morgan fingerprint density at radius 1 is 1.05 bits per heavy atom. The molecule has 1 atom stereocenters. The zero-order chi connectivity index (χ0) is 14.8. The molecule has 0 saturated carbocycles. The van der Waals surface area contributed by atoms with E-state index in [2.05, 4.69) is 19.9 Å². The molecular formula is C9H11F6N3O. The number of alkyl halides is 6. The Labute approximate surface area is 104 Å². The molecule has 0 aliphatic carbocycles. The smallest absolute Gasteiger partial charge is 0.409 e. The molecule has 0 radical (unpaired) electrons. The Kier molecular flexibility index (Phi) is 4.43. The fourth-order valence-electron chi connectivity index (χ4n) is 1.47. The number of halogens is 6. The largest absolute Gasteiger partial charge is 0.423 e. The van der Waals surface area contributed by atoms with Crippen LogP contribution >= 0.6 is 0 Å². The van der Waals surface area contributed by atoms with Gasteiger partial charge in [-0.2, -0.15) is 26.3 Å². The molecule has 1 N–H and O–H groups in total. The highest BCUT2D eigenvalue weighted by Crippen LogP contribution is 2.45. The van der Waals surface area contributed by atoms with Gasteiger partial charge in [0.25, 0.3) is 0 Å². The summed E-state index contributed by atoms with van der Waals surface area (Å²) in [6.07, 6.45) is -10.7. The first-order chi connectivity index (χ1) is 8.61. The van der Waals surface area contributed by atoms with Crippen molar-refractivity contribution in [2.75, 3.05) is 7.05 Å². The number of nitrogens with one attached hydrogen (secondary N) is 1. The van der Waals surface area contributed by atoms with E-state index in [1.54, 1.807) is 6.92 Å². The number of hydrogen-bond acceptors (Lipinski definition) is 4. The fraction of sp³-hybridized carbons (Fsp3) is 0.778. The van der Waals surface area contributed by atoms with Crippen LogP contribution < -0.4 is 5.32 Å². The van der Waals surface area contributed by atoms with Gasteiger partial charge in [-0.05, 0) is 13.5 Å². The van der Waals surface area contributed by atoms with Crippen LogP contribution in [0.5, 0.6) is 0 Å². The predicted molar refractivity (Wildman–Crippen MR) is 51.2 cm³/mol. The van der Waals surface area contributed by atoms with Crippen LogP contribution in [-0.2, 0) is 0 Å². The van der Waals surface area contributed by atoms with Gasteiger partial charge in [0.05, 0.1) is 6.04 Å². The summed E-state index contributed by atoms with van der Waals surface area (Å²) in [5.74, 6) is -5.57. The maximum Gasteiger partial charge on any atom is 0.409 e. The normalized spacial score (nSPS) is 15.0. The van der Waals surface area contributed by atoms with Crippen LogP contribution in [0.15, 0.2) is 4.42 Å². The molecule has 1 unspecified atom stereocenters. The molecule has 10 heteroatoms. The Bertz CT molecular complexity index is 395. The summed E-state index contributed by atoms with van der Waals surface area (Å²) < 4.78 is 79.0. The summed E-state index contributed by atoms with van der Waals surface area (Å²) in [5.41, 5.74) is 0. The molecule has 1 heterocycles. The second-order valence-electron chi connectivity index (χ2n) is 3.74. The van der Waals surface area contributed by atoms with Gasteiger partial charge in [-0.1, -0.05) is 6.92 Å². The molecule has 1 rings (SSSR count). The predicted octanol–water partition coefficient (Wildman–Crippen LogP) is 2.95. The minimum Gasteiger partial charge on any atom is -0.423 e. The van der Waals surface area contributed by atoms with Gasteiger partial charge in [0.2, 0.25) is 17.7 Å². The third-order valence-corrected chi connectivity index (χ3v) is 2.41. The summed E-state index contributed by atoms with van der Waals surface area (Å²) in [6.45, 7) is 1.66. The van der Waals surface area contributed by atoms with Crippen molar-refractivity contribution in [3.05, 3.63) is 11.8 Å². The standard InChI is InChI=1S/C9H11F6N3O/c1-3-4(16-2)6-17-18-7(19-6)5(8(10,11)12)9(13,14)15/h4-5,16H,3H2,1-2H3. The zero-order valence-electron chi connectivity index (χ0n) is 9.93. The molecule has 19 heavy (non-hydrogen) atoms. The quantitative estimate of drug-likeness (QED) is 0.867. The monoisotopic (exact) mass is 291 g/mol. The molecular weight excluding hydrogens is 280 g/mol. The first kappa shape index (κ1) is 15.7. The van der Waals surface area contributed by atoms with Crippen LogP contribution in [0.1, 0.15) is 37.1 Å². The first-order valence-electron chi connectivity index (χ1n) is 5.25. The molecule has 0 aliphatic heterocycles. The van der Waals surface area contributed by atoms with Crippen molar-refractivity contribution in [3.8, 4) is 0 Å². The molecule has 0 aliphatic rings. The van der Waals surface area contributed by atoms with Gasteiger partial charge in [-0.25, -0.2) is 0 Å². The van der Waals surface area contributed by atoms with Crippen molar-refractivity contribution in [1.82, 2.24) is 15.5 Å². The van der Waals surface area contributed by atoms with E-state index in [9.17, 15) is 26.3 Å². The summed E-state index contributed by atoms with van der Waals surface area (Å²) in [5, 5.41) is 8.74. The maximum absolute atomic E-state index is 12.4. The topological polar surface area (TPSA) is 51.0 Å². The lowest BCUT2D eigenvalue weighted by Crippen LogP contribution is -2.34. The minimum atomic E-state index is -5.54. The highest BCUT2D eigenvalue weighted by molar-refractivity contribution is 5.01. The average molecular weight is 291 g/mol. The molecule has 1 aromatic rings. The van der Waals surface area contributed by atoms with E-state index in [0.717, 1.165) is 0 Å². The van der Waals surface area contributed by atoms with E-state index >= 15 is 0 Å². The van der Waals surface area contributed by atoms with Crippen molar-refractivity contribution in [2.45, 2.75) is 37.7 Å². The summed E-state index contributed by atoms with van der Waals surface area (Å²) >= 11 is 0. The Morgan fingerprint density at radius 2 is 1.53 bits per heavy atom. The van der Waals surface area contributed by atoms with Crippen LogP contribution in [-0.4, -0.2) is 29.6 Å². The fourth-order valence-corrected chi connectivity index (χ4v) is 1.47. The van der Waals surface area contributed by atoms with Crippen molar-refractivity contribution in [2.24, 2.45) is 0 Å². The number of hydrogen-bond donors (Lipinski definition) is 1. The van der Waals surface area contributed by atoms with Crippen LogP contribution in [0, 0.1) is 0 Å². The SMILES string of the molecule is CCC(NC)c1nnc(C(C(F)(F)F)C(F)(F)F)o1. The maximum atomic E-state index is 12.4. The lowest BCUT2D eigenvalue weighted by Gasteiger charge is -2.19.